The number of methoxy groups -OCH3 is 2. The van der Waals surface area contributed by atoms with Crippen molar-refractivity contribution in [1.82, 2.24) is 19.9 Å². The number of nitrogen functional groups attached to an aromatic ring is 2. The van der Waals surface area contributed by atoms with E-state index in [0.717, 1.165) is 3.57 Å². The van der Waals surface area contributed by atoms with Gasteiger partial charge in [-0.05, 0) is 46.9 Å². The van der Waals surface area contributed by atoms with E-state index >= 15 is 0 Å². The standard InChI is InChI=1S/C14H10ClN3O2.C9H7NO2.C5H4ClIN2/c1-20-14(19)11-4-9(6-17-7-11)2-3-10-8-18-13(15)5-12(10)16;1-3-7-4-8(6-10-5-7)9(11)12-2;6-5-1-4(8)3(7)2-9-5/h4-8H,1H3,(H2,16,18);1,4-6H,2H3;1-2H,(H2,8,9). The molecule has 0 atom stereocenters. The van der Waals surface area contributed by atoms with Crippen molar-refractivity contribution in [2.45, 2.75) is 0 Å². The summed E-state index contributed by atoms with van der Waals surface area (Å²) in [6.07, 6.45) is 14.1. The van der Waals surface area contributed by atoms with Crippen LogP contribution in [-0.2, 0) is 9.47 Å². The number of rotatable bonds is 2. The molecule has 0 aliphatic rings. The van der Waals surface area contributed by atoms with E-state index in [0.29, 0.717) is 49.5 Å². The highest BCUT2D eigenvalue weighted by Crippen LogP contribution is 2.16. The lowest BCUT2D eigenvalue weighted by atomic mass is 10.2. The van der Waals surface area contributed by atoms with Crippen molar-refractivity contribution in [3.05, 3.63) is 103 Å². The van der Waals surface area contributed by atoms with E-state index < -0.39 is 11.9 Å². The highest BCUT2D eigenvalue weighted by Gasteiger charge is 2.06. The van der Waals surface area contributed by atoms with Crippen molar-refractivity contribution in [1.29, 1.82) is 0 Å². The molecule has 0 saturated heterocycles. The van der Waals surface area contributed by atoms with E-state index in [1.807, 2.05) is 0 Å². The predicted molar refractivity (Wildman–Crippen MR) is 165 cm³/mol. The molecule has 0 saturated carbocycles. The average Bonchev–Trinajstić information content (AvgIpc) is 2.98. The summed E-state index contributed by atoms with van der Waals surface area (Å²) in [5.41, 5.74) is 14.8. The van der Waals surface area contributed by atoms with Gasteiger partial charge in [0.25, 0.3) is 0 Å². The van der Waals surface area contributed by atoms with Crippen LogP contribution < -0.4 is 11.5 Å². The molecule has 4 aromatic rings. The number of carbonyl (C=O) groups excluding carboxylic acids is 2. The highest BCUT2D eigenvalue weighted by molar-refractivity contribution is 14.1. The quantitative estimate of drug-likeness (QED) is 0.130. The van der Waals surface area contributed by atoms with E-state index in [9.17, 15) is 9.59 Å². The Bertz CT molecular complexity index is 1650. The number of pyridine rings is 4. The van der Waals surface area contributed by atoms with Crippen molar-refractivity contribution < 1.29 is 19.1 Å². The first-order chi connectivity index (χ1) is 19.6. The molecule has 0 fully saturated rings. The molecule has 10 nitrogen and oxygen atoms in total. The Morgan fingerprint density at radius 1 is 0.780 bits per heavy atom. The largest absolute Gasteiger partial charge is 0.465 e. The molecule has 41 heavy (non-hydrogen) atoms. The zero-order valence-corrected chi connectivity index (χ0v) is 25.2. The monoisotopic (exact) mass is 702 g/mol. The van der Waals surface area contributed by atoms with Gasteiger partial charge in [0, 0.05) is 54.0 Å². The second-order valence-electron chi connectivity index (χ2n) is 7.42. The van der Waals surface area contributed by atoms with Gasteiger partial charge < -0.3 is 20.9 Å². The zero-order valence-electron chi connectivity index (χ0n) is 21.6. The van der Waals surface area contributed by atoms with Crippen molar-refractivity contribution in [2.24, 2.45) is 0 Å². The van der Waals surface area contributed by atoms with E-state index in [1.54, 1.807) is 30.6 Å². The van der Waals surface area contributed by atoms with Gasteiger partial charge in [0.2, 0.25) is 0 Å². The van der Waals surface area contributed by atoms with Crippen LogP contribution in [0.2, 0.25) is 10.3 Å². The van der Waals surface area contributed by atoms with Crippen molar-refractivity contribution >= 4 is 69.1 Å². The minimum atomic E-state index is -0.464. The molecule has 0 radical (unpaired) electrons. The van der Waals surface area contributed by atoms with Crippen LogP contribution in [0, 0.1) is 27.8 Å². The first kappa shape index (κ1) is 32.8. The second kappa shape index (κ2) is 16.6. The molecule has 0 aromatic carbocycles. The van der Waals surface area contributed by atoms with Gasteiger partial charge >= 0.3 is 11.9 Å². The van der Waals surface area contributed by atoms with Gasteiger partial charge in [-0.3, -0.25) is 9.97 Å². The fourth-order valence-corrected chi connectivity index (χ4v) is 3.23. The lowest BCUT2D eigenvalue weighted by Crippen LogP contribution is -2.01. The summed E-state index contributed by atoms with van der Waals surface area (Å²) in [6.45, 7) is 0. The molecular weight excluding hydrogens is 682 g/mol. The van der Waals surface area contributed by atoms with Crippen molar-refractivity contribution in [2.75, 3.05) is 25.7 Å². The maximum Gasteiger partial charge on any atom is 0.339 e. The number of nitrogens with zero attached hydrogens (tertiary/aromatic N) is 4. The molecule has 4 heterocycles. The summed E-state index contributed by atoms with van der Waals surface area (Å²) in [6, 6.07) is 6.29. The molecule has 0 spiro atoms. The Morgan fingerprint density at radius 2 is 1.29 bits per heavy atom. The summed E-state index contributed by atoms with van der Waals surface area (Å²) < 4.78 is 10.0. The van der Waals surface area contributed by atoms with Crippen molar-refractivity contribution in [3.8, 4) is 24.2 Å². The fraction of sp³-hybridized carbons (Fsp3) is 0.0714. The number of halogens is 3. The molecule has 0 unspecified atom stereocenters. The van der Waals surface area contributed by atoms with Crippen LogP contribution in [0.3, 0.4) is 0 Å². The molecular formula is C28H21Cl2IN6O4. The number of nitrogens with two attached hydrogens (primary N) is 2. The highest BCUT2D eigenvalue weighted by atomic mass is 127. The summed E-state index contributed by atoms with van der Waals surface area (Å²) in [7, 11) is 2.62. The Kier molecular flexibility index (Phi) is 13.3. The molecule has 0 bridgehead atoms. The molecule has 4 rings (SSSR count). The second-order valence-corrected chi connectivity index (χ2v) is 9.36. The van der Waals surface area contributed by atoms with E-state index in [1.165, 1.54) is 45.1 Å². The SMILES string of the molecule is C#Cc1cncc(C(=O)OC)c1.COC(=O)c1cncc(C#Cc2cnc(Cl)cc2N)c1.Nc1cc(Cl)ncc1I. The first-order valence-electron chi connectivity index (χ1n) is 11.1. The topological polar surface area (TPSA) is 156 Å². The number of hydrogen-bond donors (Lipinski definition) is 2. The number of anilines is 2. The van der Waals surface area contributed by atoms with Gasteiger partial charge in [-0.2, -0.15) is 0 Å². The van der Waals surface area contributed by atoms with Gasteiger partial charge in [-0.25, -0.2) is 19.6 Å². The zero-order chi connectivity index (χ0) is 30.4. The maximum absolute atomic E-state index is 11.4. The Balaban J connectivity index is 0.000000237. The predicted octanol–water partition coefficient (Wildman–Crippen LogP) is 4.67. The molecule has 4 aromatic heterocycles. The van der Waals surface area contributed by atoms with Gasteiger partial charge in [0.1, 0.15) is 10.3 Å². The van der Waals surface area contributed by atoms with Crippen LogP contribution in [-0.4, -0.2) is 46.1 Å². The van der Waals surface area contributed by atoms with Gasteiger partial charge in [-0.15, -0.1) is 6.42 Å². The molecule has 0 aliphatic heterocycles. The number of hydrogen-bond acceptors (Lipinski definition) is 10. The van der Waals surface area contributed by atoms with E-state index in [4.69, 9.17) is 41.1 Å². The van der Waals surface area contributed by atoms with Crippen LogP contribution in [0.1, 0.15) is 37.4 Å². The number of ether oxygens (including phenoxy) is 2. The lowest BCUT2D eigenvalue weighted by Gasteiger charge is -1.99. The molecule has 208 valence electrons. The fourth-order valence-electron chi connectivity index (χ4n) is 2.60. The number of terminal acetylenes is 1. The molecule has 4 N–H and O–H groups in total. The maximum atomic E-state index is 11.4. The number of aromatic nitrogens is 4. The van der Waals surface area contributed by atoms with Crippen LogP contribution in [0.5, 0.6) is 0 Å². The van der Waals surface area contributed by atoms with Crippen molar-refractivity contribution in [3.63, 3.8) is 0 Å². The van der Waals surface area contributed by atoms with E-state index in [2.05, 4.69) is 69.8 Å². The third-order valence-corrected chi connectivity index (χ3v) is 5.90. The minimum absolute atomic E-state index is 0.308. The summed E-state index contributed by atoms with van der Waals surface area (Å²) in [5.74, 6) is 7.19. The number of esters is 2. The lowest BCUT2D eigenvalue weighted by molar-refractivity contribution is 0.0591. The average molecular weight is 703 g/mol. The number of carbonyl (C=O) groups is 2. The Morgan fingerprint density at radius 3 is 1.78 bits per heavy atom. The van der Waals surface area contributed by atoms with E-state index in [-0.39, 0.29) is 0 Å². The molecule has 0 amide bonds. The third kappa shape index (κ3) is 10.9. The Labute approximate surface area is 260 Å². The molecule has 13 heteroatoms. The van der Waals surface area contributed by atoms with Gasteiger partial charge in [-0.1, -0.05) is 41.0 Å². The normalized spacial score (nSPS) is 9.27. The Hall–Kier alpha value is -4.43. The van der Waals surface area contributed by atoms with Gasteiger partial charge in [0.05, 0.1) is 40.2 Å². The third-order valence-electron chi connectivity index (χ3n) is 4.58. The van der Waals surface area contributed by atoms with Crippen LogP contribution >= 0.6 is 45.8 Å². The van der Waals surface area contributed by atoms with Crippen LogP contribution in [0.25, 0.3) is 0 Å². The summed E-state index contributed by atoms with van der Waals surface area (Å²) >= 11 is 13.3. The molecule has 0 aliphatic carbocycles. The van der Waals surface area contributed by atoms with Gasteiger partial charge in [0.15, 0.2) is 0 Å². The minimum Gasteiger partial charge on any atom is -0.465 e. The first-order valence-corrected chi connectivity index (χ1v) is 12.9. The smallest absolute Gasteiger partial charge is 0.339 e. The van der Waals surface area contributed by atoms with Crippen LogP contribution in [0.4, 0.5) is 11.4 Å². The summed E-state index contributed by atoms with van der Waals surface area (Å²) in [5, 5.41) is 0.746. The summed E-state index contributed by atoms with van der Waals surface area (Å²) in [4.78, 5) is 37.8. The van der Waals surface area contributed by atoms with Crippen LogP contribution in [0.15, 0.2) is 61.4 Å².